The maximum atomic E-state index is 4.57. The second-order valence-electron chi connectivity index (χ2n) is 6.67. The summed E-state index contributed by atoms with van der Waals surface area (Å²) in [6.45, 7) is 4.40. The predicted molar refractivity (Wildman–Crippen MR) is 89.9 cm³/mol. The lowest BCUT2D eigenvalue weighted by Crippen LogP contribution is -2.50. The van der Waals surface area contributed by atoms with Crippen LogP contribution in [-0.2, 0) is 6.42 Å². The lowest BCUT2D eigenvalue weighted by atomic mass is 9.77. The van der Waals surface area contributed by atoms with E-state index in [-0.39, 0.29) is 0 Å². The van der Waals surface area contributed by atoms with Crippen molar-refractivity contribution in [1.82, 2.24) is 15.6 Å². The Morgan fingerprint density at radius 3 is 2.86 bits per heavy atom. The van der Waals surface area contributed by atoms with Crippen LogP contribution in [0.15, 0.2) is 5.38 Å². The summed E-state index contributed by atoms with van der Waals surface area (Å²) in [5.41, 5.74) is 1.26. The first-order valence-corrected chi connectivity index (χ1v) is 9.58. The first-order valence-electron chi connectivity index (χ1n) is 8.71. The number of aryl methyl sites for hydroxylation is 1. The maximum absolute atomic E-state index is 4.57. The molecule has 0 aromatic carbocycles. The fourth-order valence-corrected chi connectivity index (χ4v) is 4.69. The molecule has 0 bridgehead atoms. The Morgan fingerprint density at radius 2 is 2.10 bits per heavy atom. The fraction of sp³-hybridized carbons (Fsp3) is 0.824. The third-order valence-corrected chi connectivity index (χ3v) is 5.96. The molecule has 1 aromatic rings. The summed E-state index contributed by atoms with van der Waals surface area (Å²) in [7, 11) is 0. The highest BCUT2D eigenvalue weighted by Gasteiger charge is 2.31. The Hall–Kier alpha value is -0.450. The van der Waals surface area contributed by atoms with Crippen LogP contribution >= 0.6 is 11.3 Å². The SMILES string of the molecule is Cc1nc(CCNC2CCCCC2C2CCCCN2)cs1. The van der Waals surface area contributed by atoms with Crippen LogP contribution in [0.3, 0.4) is 0 Å². The molecule has 118 valence electrons. The third kappa shape index (κ3) is 4.27. The number of hydrogen-bond donors (Lipinski definition) is 2. The van der Waals surface area contributed by atoms with Crippen LogP contribution < -0.4 is 10.6 Å². The molecule has 2 aliphatic rings. The number of aromatic nitrogens is 1. The number of nitrogens with zero attached hydrogens (tertiary/aromatic N) is 1. The largest absolute Gasteiger partial charge is 0.314 e. The normalized spacial score (nSPS) is 30.4. The zero-order valence-electron chi connectivity index (χ0n) is 13.2. The summed E-state index contributed by atoms with van der Waals surface area (Å²) in [6.07, 6.45) is 10.8. The van der Waals surface area contributed by atoms with Crippen LogP contribution in [0.1, 0.15) is 55.6 Å². The van der Waals surface area contributed by atoms with Crippen LogP contribution in [0.25, 0.3) is 0 Å². The van der Waals surface area contributed by atoms with Crippen molar-refractivity contribution < 1.29 is 0 Å². The smallest absolute Gasteiger partial charge is 0.0897 e. The summed E-state index contributed by atoms with van der Waals surface area (Å²) in [5, 5.41) is 11.0. The first-order chi connectivity index (χ1) is 10.3. The number of hydrogen-bond acceptors (Lipinski definition) is 4. The van der Waals surface area contributed by atoms with Gasteiger partial charge in [-0.25, -0.2) is 4.98 Å². The molecule has 3 nitrogen and oxygen atoms in total. The molecule has 1 saturated carbocycles. The molecule has 3 atom stereocenters. The Morgan fingerprint density at radius 1 is 1.24 bits per heavy atom. The minimum atomic E-state index is 0.717. The van der Waals surface area contributed by atoms with Gasteiger partial charge in [0.1, 0.15) is 0 Å². The summed E-state index contributed by atoms with van der Waals surface area (Å²) in [5.74, 6) is 0.844. The van der Waals surface area contributed by atoms with E-state index in [1.807, 2.05) is 0 Å². The highest BCUT2D eigenvalue weighted by atomic mass is 32.1. The van der Waals surface area contributed by atoms with E-state index in [2.05, 4.69) is 27.9 Å². The standard InChI is InChI=1S/C17H29N3S/c1-13-20-14(12-21-13)9-11-19-17-7-3-2-6-15(17)16-8-4-5-10-18-16/h12,15-19H,2-11H2,1H3. The zero-order valence-corrected chi connectivity index (χ0v) is 14.1. The molecule has 0 radical (unpaired) electrons. The van der Waals surface area contributed by atoms with Gasteiger partial charge in [0.05, 0.1) is 10.7 Å². The van der Waals surface area contributed by atoms with Crippen LogP contribution in [0.2, 0.25) is 0 Å². The summed E-state index contributed by atoms with van der Waals surface area (Å²) < 4.78 is 0. The molecule has 3 unspecified atom stereocenters. The highest BCUT2D eigenvalue weighted by Crippen LogP contribution is 2.30. The van der Waals surface area contributed by atoms with Gasteiger partial charge in [0.2, 0.25) is 0 Å². The van der Waals surface area contributed by atoms with E-state index in [4.69, 9.17) is 0 Å². The Bertz CT molecular complexity index is 425. The van der Waals surface area contributed by atoms with Crippen LogP contribution in [0.5, 0.6) is 0 Å². The molecule has 0 spiro atoms. The van der Waals surface area contributed by atoms with Gasteiger partial charge in [0.15, 0.2) is 0 Å². The predicted octanol–water partition coefficient (Wildman–Crippen LogP) is 3.28. The van der Waals surface area contributed by atoms with Gasteiger partial charge in [0.25, 0.3) is 0 Å². The first kappa shape index (κ1) is 15.4. The van der Waals surface area contributed by atoms with E-state index in [1.54, 1.807) is 11.3 Å². The molecule has 1 saturated heterocycles. The minimum absolute atomic E-state index is 0.717. The summed E-state index contributed by atoms with van der Waals surface area (Å²) in [4.78, 5) is 4.57. The van der Waals surface area contributed by atoms with Gasteiger partial charge >= 0.3 is 0 Å². The average molecular weight is 308 g/mol. The molecule has 1 aromatic heterocycles. The van der Waals surface area contributed by atoms with Gasteiger partial charge in [-0.3, -0.25) is 0 Å². The van der Waals surface area contributed by atoms with Crippen LogP contribution in [0, 0.1) is 12.8 Å². The summed E-state index contributed by atoms with van der Waals surface area (Å²) >= 11 is 1.76. The van der Waals surface area contributed by atoms with Gasteiger partial charge in [-0.2, -0.15) is 0 Å². The van der Waals surface area contributed by atoms with Crippen molar-refractivity contribution >= 4 is 11.3 Å². The molecular formula is C17H29N3S. The molecule has 0 amide bonds. The van der Waals surface area contributed by atoms with Gasteiger partial charge in [0, 0.05) is 30.4 Å². The van der Waals surface area contributed by atoms with Gasteiger partial charge in [-0.1, -0.05) is 19.3 Å². The lowest BCUT2D eigenvalue weighted by molar-refractivity contribution is 0.182. The van der Waals surface area contributed by atoms with Crippen molar-refractivity contribution in [2.24, 2.45) is 5.92 Å². The Kier molecular flexibility index (Phi) is 5.67. The van der Waals surface area contributed by atoms with Crippen molar-refractivity contribution in [2.75, 3.05) is 13.1 Å². The second kappa shape index (κ2) is 7.70. The Balaban J connectivity index is 1.49. The average Bonchev–Trinajstić information content (AvgIpc) is 2.94. The van der Waals surface area contributed by atoms with Crippen LogP contribution in [0.4, 0.5) is 0 Å². The molecule has 3 rings (SSSR count). The quantitative estimate of drug-likeness (QED) is 0.876. The number of thiazole rings is 1. The van der Waals surface area contributed by atoms with Gasteiger partial charge in [-0.15, -0.1) is 11.3 Å². The Labute approximate surface area is 132 Å². The molecule has 21 heavy (non-hydrogen) atoms. The summed E-state index contributed by atoms with van der Waals surface area (Å²) in [6, 6.07) is 1.48. The third-order valence-electron chi connectivity index (χ3n) is 5.14. The number of piperidine rings is 1. The molecule has 1 aliphatic carbocycles. The van der Waals surface area contributed by atoms with Gasteiger partial charge in [-0.05, 0) is 45.1 Å². The van der Waals surface area contributed by atoms with E-state index in [0.717, 1.165) is 24.9 Å². The molecular weight excluding hydrogens is 278 g/mol. The molecule has 2 fully saturated rings. The van der Waals surface area contributed by atoms with Crippen molar-refractivity contribution in [3.8, 4) is 0 Å². The van der Waals surface area contributed by atoms with E-state index in [1.165, 1.54) is 62.2 Å². The maximum Gasteiger partial charge on any atom is 0.0897 e. The van der Waals surface area contributed by atoms with E-state index >= 15 is 0 Å². The topological polar surface area (TPSA) is 37.0 Å². The van der Waals surface area contributed by atoms with E-state index in [0.29, 0.717) is 6.04 Å². The highest BCUT2D eigenvalue weighted by molar-refractivity contribution is 7.09. The number of nitrogens with one attached hydrogen (secondary N) is 2. The number of rotatable bonds is 5. The van der Waals surface area contributed by atoms with Crippen molar-refractivity contribution in [3.05, 3.63) is 16.1 Å². The zero-order chi connectivity index (χ0) is 14.5. The minimum Gasteiger partial charge on any atom is -0.314 e. The fourth-order valence-electron chi connectivity index (χ4n) is 4.05. The van der Waals surface area contributed by atoms with Gasteiger partial charge < -0.3 is 10.6 Å². The van der Waals surface area contributed by atoms with Crippen molar-refractivity contribution in [2.45, 2.75) is 70.4 Å². The molecule has 1 aliphatic heterocycles. The lowest BCUT2D eigenvalue weighted by Gasteiger charge is -2.40. The second-order valence-corrected chi connectivity index (χ2v) is 7.74. The molecule has 2 heterocycles. The van der Waals surface area contributed by atoms with Crippen LogP contribution in [-0.4, -0.2) is 30.2 Å². The van der Waals surface area contributed by atoms with E-state index < -0.39 is 0 Å². The monoisotopic (exact) mass is 307 g/mol. The molecule has 2 N–H and O–H groups in total. The van der Waals surface area contributed by atoms with Crippen molar-refractivity contribution in [1.29, 1.82) is 0 Å². The molecule has 4 heteroatoms. The van der Waals surface area contributed by atoms with E-state index in [9.17, 15) is 0 Å². The van der Waals surface area contributed by atoms with Crippen molar-refractivity contribution in [3.63, 3.8) is 0 Å².